The normalized spacial score (nSPS) is 16.3. The molecule has 0 amide bonds. The van der Waals surface area contributed by atoms with E-state index >= 15 is 0 Å². The Balaban J connectivity index is 0.00000156. The lowest BCUT2D eigenvalue weighted by Crippen LogP contribution is -3.00. The van der Waals surface area contributed by atoms with Gasteiger partial charge < -0.3 is 28.7 Å². The predicted octanol–water partition coefficient (Wildman–Crippen LogP) is 0.205. The van der Waals surface area contributed by atoms with Gasteiger partial charge in [0.2, 0.25) is 0 Å². The van der Waals surface area contributed by atoms with Gasteiger partial charge in [0.05, 0.1) is 10.8 Å². The highest BCUT2D eigenvalue weighted by molar-refractivity contribution is 7.15. The summed E-state index contributed by atoms with van der Waals surface area (Å²) in [6.45, 7) is 0. The van der Waals surface area contributed by atoms with Crippen LogP contribution < -0.4 is 39.4 Å². The number of nitrogens with two attached hydrogens (primary N) is 1. The Morgan fingerprint density at radius 2 is 2.04 bits per heavy atom. The number of H-pyrrole nitrogens is 1. The second-order valence-corrected chi connectivity index (χ2v) is 7.24. The summed E-state index contributed by atoms with van der Waals surface area (Å²) in [5.41, 5.74) is 9.13. The number of esters is 1. The Morgan fingerprint density at radius 3 is 2.83 bits per heavy atom. The maximum Gasteiger partial charge on any atom is 0.330 e. The van der Waals surface area contributed by atoms with Crippen LogP contribution >= 0.6 is 11.3 Å². The van der Waals surface area contributed by atoms with E-state index in [1.165, 1.54) is 11.3 Å². The molecule has 122 valence electrons. The number of thiazole rings is 1. The van der Waals surface area contributed by atoms with Crippen molar-refractivity contribution in [3.63, 3.8) is 0 Å². The molecule has 0 radical (unpaired) electrons. The fourth-order valence-corrected chi connectivity index (χ4v) is 4.41. The van der Waals surface area contributed by atoms with Crippen molar-refractivity contribution in [3.8, 4) is 17.0 Å². The van der Waals surface area contributed by atoms with Gasteiger partial charge in [-0.05, 0) is 18.9 Å². The molecular formula is C17H19IN2O2S. The maximum absolute atomic E-state index is 12.4. The van der Waals surface area contributed by atoms with E-state index in [4.69, 9.17) is 10.5 Å². The number of hydrogen-bond acceptors (Lipinski definition) is 4. The number of carbonyl (C=O) groups excluding carboxylic acids is 1. The molecule has 0 saturated heterocycles. The number of fused-ring (bicyclic) bond motifs is 3. The van der Waals surface area contributed by atoms with Crippen LogP contribution in [0.1, 0.15) is 42.5 Å². The second-order valence-electron chi connectivity index (χ2n) is 6.10. The lowest BCUT2D eigenvalue weighted by molar-refractivity contribution is -0.340. The minimum atomic E-state index is -0.0631. The quantitative estimate of drug-likeness (QED) is 0.351. The first kappa shape index (κ1) is 16.7. The number of nitrogens with one attached hydrogen (secondary N) is 1. The first-order valence-electron chi connectivity index (χ1n) is 7.87. The zero-order chi connectivity index (χ0) is 15.1. The molecule has 1 heterocycles. The van der Waals surface area contributed by atoms with Gasteiger partial charge in [-0.25, -0.2) is 4.98 Å². The molecule has 6 heteroatoms. The van der Waals surface area contributed by atoms with Crippen LogP contribution in [-0.4, -0.2) is 5.97 Å². The lowest BCUT2D eigenvalue weighted by Gasteiger charge is -2.20. The van der Waals surface area contributed by atoms with E-state index in [0.717, 1.165) is 54.1 Å². The average Bonchev–Trinajstić information content (AvgIpc) is 3.05. The van der Waals surface area contributed by atoms with Crippen LogP contribution in [-0.2, 0) is 11.2 Å². The topological polar surface area (TPSA) is 66.5 Å². The molecule has 2 aliphatic rings. The molecule has 1 saturated carbocycles. The van der Waals surface area contributed by atoms with Crippen molar-refractivity contribution in [2.75, 3.05) is 5.73 Å². The van der Waals surface area contributed by atoms with E-state index in [2.05, 4.69) is 11.1 Å². The summed E-state index contributed by atoms with van der Waals surface area (Å²) in [6.07, 6.45) is 6.23. The van der Waals surface area contributed by atoms with Crippen LogP contribution in [0, 0.1) is 5.92 Å². The summed E-state index contributed by atoms with van der Waals surface area (Å²) in [5.74, 6) is 0.720. The largest absolute Gasteiger partial charge is 1.00 e. The van der Waals surface area contributed by atoms with Crippen LogP contribution in [0.15, 0.2) is 18.2 Å². The van der Waals surface area contributed by atoms with Crippen molar-refractivity contribution < 1.29 is 38.5 Å². The molecule has 2 aliphatic carbocycles. The molecule has 2 aromatic rings. The summed E-state index contributed by atoms with van der Waals surface area (Å²) in [5, 5.41) is 0.722. The van der Waals surface area contributed by atoms with E-state index in [1.807, 2.05) is 12.1 Å². The molecule has 23 heavy (non-hydrogen) atoms. The predicted molar refractivity (Wildman–Crippen MR) is 85.7 cm³/mol. The van der Waals surface area contributed by atoms with Crippen molar-refractivity contribution in [1.29, 1.82) is 0 Å². The number of carbonyl (C=O) groups is 1. The van der Waals surface area contributed by atoms with E-state index in [0.29, 0.717) is 5.75 Å². The summed E-state index contributed by atoms with van der Waals surface area (Å²) in [4.78, 5) is 16.8. The third-order valence-corrected chi connectivity index (χ3v) is 5.57. The molecule has 4 nitrogen and oxygen atoms in total. The number of nitrogen functional groups attached to an aromatic ring is 1. The van der Waals surface area contributed by atoms with Crippen molar-refractivity contribution in [3.05, 3.63) is 28.6 Å². The van der Waals surface area contributed by atoms with Gasteiger partial charge in [-0.2, -0.15) is 0 Å². The van der Waals surface area contributed by atoms with Gasteiger partial charge in [0.1, 0.15) is 11.4 Å². The second kappa shape index (κ2) is 6.76. The fraction of sp³-hybridized carbons (Fsp3) is 0.412. The molecule has 1 aromatic heterocycles. The molecule has 0 spiro atoms. The van der Waals surface area contributed by atoms with Gasteiger partial charge in [0, 0.05) is 17.5 Å². The number of aromatic amines is 1. The summed E-state index contributed by atoms with van der Waals surface area (Å²) >= 11 is 1.57. The Labute approximate surface area is 156 Å². The molecule has 1 aromatic carbocycles. The van der Waals surface area contributed by atoms with Crippen molar-refractivity contribution in [2.24, 2.45) is 5.92 Å². The minimum Gasteiger partial charge on any atom is -1.00 e. The highest BCUT2D eigenvalue weighted by Gasteiger charge is 2.30. The van der Waals surface area contributed by atoms with Crippen molar-refractivity contribution in [2.45, 2.75) is 38.5 Å². The molecular weight excluding hydrogens is 423 g/mol. The molecule has 0 aliphatic heterocycles. The van der Waals surface area contributed by atoms with Crippen molar-refractivity contribution in [1.82, 2.24) is 0 Å². The minimum absolute atomic E-state index is 0. The monoisotopic (exact) mass is 442 g/mol. The van der Waals surface area contributed by atoms with Gasteiger partial charge in [-0.15, -0.1) is 0 Å². The van der Waals surface area contributed by atoms with Crippen LogP contribution in [0.4, 0.5) is 5.13 Å². The van der Waals surface area contributed by atoms with Gasteiger partial charge in [-0.1, -0.05) is 42.7 Å². The average molecular weight is 442 g/mol. The highest BCUT2D eigenvalue weighted by Crippen LogP contribution is 2.42. The zero-order valence-electron chi connectivity index (χ0n) is 12.7. The molecule has 0 bridgehead atoms. The Kier molecular flexibility index (Phi) is 4.91. The fourth-order valence-electron chi connectivity index (χ4n) is 3.51. The van der Waals surface area contributed by atoms with Crippen LogP contribution in [0.5, 0.6) is 5.75 Å². The maximum atomic E-state index is 12.4. The lowest BCUT2D eigenvalue weighted by atomic mass is 9.89. The number of halogens is 1. The van der Waals surface area contributed by atoms with Gasteiger partial charge in [0.15, 0.2) is 0 Å². The molecule has 3 N–H and O–H groups in total. The van der Waals surface area contributed by atoms with Crippen molar-refractivity contribution >= 4 is 22.4 Å². The molecule has 0 unspecified atom stereocenters. The molecule has 0 atom stereocenters. The Morgan fingerprint density at radius 1 is 1.26 bits per heavy atom. The van der Waals surface area contributed by atoms with Gasteiger partial charge >= 0.3 is 11.1 Å². The number of rotatable bonds is 2. The summed E-state index contributed by atoms with van der Waals surface area (Å²) < 4.78 is 5.75. The van der Waals surface area contributed by atoms with Crippen LogP contribution in [0.25, 0.3) is 11.3 Å². The first-order valence-corrected chi connectivity index (χ1v) is 8.68. The Bertz CT molecular complexity index is 738. The van der Waals surface area contributed by atoms with Gasteiger partial charge in [-0.3, -0.25) is 10.5 Å². The molecule has 1 fully saturated rings. The number of anilines is 1. The summed E-state index contributed by atoms with van der Waals surface area (Å²) in [7, 11) is 0. The van der Waals surface area contributed by atoms with E-state index in [1.54, 1.807) is 11.3 Å². The number of benzene rings is 1. The number of ether oxygens (including phenoxy) is 1. The molecule has 4 rings (SSSR count). The van der Waals surface area contributed by atoms with E-state index in [-0.39, 0.29) is 35.9 Å². The smallest absolute Gasteiger partial charge is 0.330 e. The standard InChI is InChI=1S/C17H18N2O2S.HI/c18-17-19-15-11-7-4-8-13(12(11)9-14(15)22-17)21-16(20)10-5-2-1-3-6-10;/h4,7-8,10H,1-3,5-6,9H2,(H2,18,19);1H. The number of aromatic nitrogens is 1. The van der Waals surface area contributed by atoms with E-state index in [9.17, 15) is 4.79 Å². The van der Waals surface area contributed by atoms with Crippen LogP contribution in [0.2, 0.25) is 0 Å². The highest BCUT2D eigenvalue weighted by atomic mass is 127. The Hall–Kier alpha value is -1.15. The number of hydrogen-bond donors (Lipinski definition) is 1. The van der Waals surface area contributed by atoms with Crippen LogP contribution in [0.3, 0.4) is 0 Å². The third kappa shape index (κ3) is 3.10. The third-order valence-electron chi connectivity index (χ3n) is 4.65. The first-order chi connectivity index (χ1) is 10.7. The summed E-state index contributed by atoms with van der Waals surface area (Å²) in [6, 6.07) is 5.90. The van der Waals surface area contributed by atoms with Gasteiger partial charge in [0.25, 0.3) is 0 Å². The zero-order valence-corrected chi connectivity index (χ0v) is 15.7. The van der Waals surface area contributed by atoms with E-state index < -0.39 is 0 Å². The SMILES string of the molecule is Nc1[nH+]c2c(s1)Cc1c(OC(=O)C3CCCCC3)cccc1-2.[I-].